The molecule has 3 aliphatic rings. The number of benzene rings is 1. The van der Waals surface area contributed by atoms with Gasteiger partial charge in [-0.15, -0.1) is 6.42 Å². The maximum Gasteiger partial charge on any atom is 0.410 e. The van der Waals surface area contributed by atoms with Crippen molar-refractivity contribution in [1.82, 2.24) is 9.80 Å². The van der Waals surface area contributed by atoms with Gasteiger partial charge in [0, 0.05) is 31.6 Å². The third kappa shape index (κ3) is 2.82. The highest BCUT2D eigenvalue weighted by Crippen LogP contribution is 2.33. The fraction of sp³-hybridized carbons (Fsp3) is 0.500. The molecule has 3 saturated heterocycles. The number of piperidine rings is 1. The van der Waals surface area contributed by atoms with Crippen molar-refractivity contribution < 1.29 is 9.53 Å². The molecule has 1 aromatic rings. The van der Waals surface area contributed by atoms with Crippen LogP contribution in [-0.2, 0) is 11.3 Å². The Bertz CT molecular complexity index is 566. The number of hydrogen-bond donors (Lipinski definition) is 0. The molecule has 3 aliphatic heterocycles. The number of nitrogens with zero attached hydrogens (tertiary/aromatic N) is 2. The van der Waals surface area contributed by atoms with Crippen LogP contribution < -0.4 is 0 Å². The standard InChI is InChI=1S/C18H22N2O2/c1-3-17-15-9-10-16(13-20(17)18(21)22-2)19(12-15)11-14-7-5-4-6-8-14/h1,4-8,15-17H,9-13H2,2H3/t15-,16-,17-/m1/s1. The zero-order chi connectivity index (χ0) is 15.5. The summed E-state index contributed by atoms with van der Waals surface area (Å²) in [6, 6.07) is 10.7. The molecule has 4 rings (SSSR count). The van der Waals surface area contributed by atoms with Crippen LogP contribution in [0.1, 0.15) is 18.4 Å². The molecule has 0 saturated carbocycles. The first-order valence-corrected chi connectivity index (χ1v) is 7.81. The maximum atomic E-state index is 12.1. The molecule has 3 heterocycles. The topological polar surface area (TPSA) is 32.8 Å². The Morgan fingerprint density at radius 2 is 2.09 bits per heavy atom. The van der Waals surface area contributed by atoms with Gasteiger partial charge in [0.1, 0.15) is 6.04 Å². The molecule has 4 nitrogen and oxygen atoms in total. The predicted octanol–water partition coefficient (Wildman–Crippen LogP) is 2.35. The van der Waals surface area contributed by atoms with Gasteiger partial charge in [-0.1, -0.05) is 36.3 Å². The Labute approximate surface area is 132 Å². The number of ether oxygens (including phenoxy) is 1. The van der Waals surface area contributed by atoms with Crippen LogP contribution in [0.4, 0.5) is 4.79 Å². The minimum atomic E-state index is -0.304. The lowest BCUT2D eigenvalue weighted by Crippen LogP contribution is -2.44. The number of rotatable bonds is 2. The Balaban J connectivity index is 1.80. The van der Waals surface area contributed by atoms with E-state index in [2.05, 4.69) is 35.1 Å². The maximum absolute atomic E-state index is 12.1. The third-order valence-electron chi connectivity index (χ3n) is 4.85. The lowest BCUT2D eigenvalue weighted by Gasteiger charge is -2.36. The summed E-state index contributed by atoms with van der Waals surface area (Å²) < 4.78 is 4.93. The second kappa shape index (κ2) is 6.41. The van der Waals surface area contributed by atoms with Crippen LogP contribution in [-0.4, -0.2) is 48.2 Å². The first kappa shape index (κ1) is 14.9. The van der Waals surface area contributed by atoms with Crippen molar-refractivity contribution in [2.75, 3.05) is 20.2 Å². The zero-order valence-electron chi connectivity index (χ0n) is 12.9. The summed E-state index contributed by atoms with van der Waals surface area (Å²) in [6.07, 6.45) is 7.58. The van der Waals surface area contributed by atoms with E-state index in [4.69, 9.17) is 11.2 Å². The molecule has 0 spiro atoms. The molecule has 3 fully saturated rings. The van der Waals surface area contributed by atoms with Crippen molar-refractivity contribution in [3.63, 3.8) is 0 Å². The molecule has 0 N–H and O–H groups in total. The van der Waals surface area contributed by atoms with Crippen molar-refractivity contribution in [1.29, 1.82) is 0 Å². The van der Waals surface area contributed by atoms with Gasteiger partial charge in [-0.3, -0.25) is 9.80 Å². The van der Waals surface area contributed by atoms with Crippen LogP contribution in [0, 0.1) is 18.3 Å². The molecule has 22 heavy (non-hydrogen) atoms. The van der Waals surface area contributed by atoms with Crippen molar-refractivity contribution >= 4 is 6.09 Å². The van der Waals surface area contributed by atoms with E-state index < -0.39 is 0 Å². The molecule has 2 bridgehead atoms. The first-order valence-electron chi connectivity index (χ1n) is 7.81. The van der Waals surface area contributed by atoms with E-state index in [0.29, 0.717) is 18.5 Å². The van der Waals surface area contributed by atoms with Gasteiger partial charge in [0.05, 0.1) is 7.11 Å². The summed E-state index contributed by atoms with van der Waals surface area (Å²) in [6.45, 7) is 2.51. The largest absolute Gasteiger partial charge is 0.453 e. The van der Waals surface area contributed by atoms with Crippen molar-refractivity contribution in [3.8, 4) is 12.3 Å². The number of hydrogen-bond acceptors (Lipinski definition) is 3. The fourth-order valence-corrected chi connectivity index (χ4v) is 3.73. The highest BCUT2D eigenvalue weighted by Gasteiger charge is 2.42. The van der Waals surface area contributed by atoms with Crippen LogP contribution in [0.25, 0.3) is 0 Å². The second-order valence-corrected chi connectivity index (χ2v) is 6.14. The third-order valence-corrected chi connectivity index (χ3v) is 4.85. The van der Waals surface area contributed by atoms with Crippen LogP contribution in [0.3, 0.4) is 0 Å². The number of fused-ring (bicyclic) bond motifs is 4. The highest BCUT2D eigenvalue weighted by molar-refractivity contribution is 5.68. The molecule has 0 unspecified atom stereocenters. The molecule has 116 valence electrons. The summed E-state index contributed by atoms with van der Waals surface area (Å²) in [5, 5.41) is 0. The number of methoxy groups -OCH3 is 1. The minimum absolute atomic E-state index is 0.154. The van der Waals surface area contributed by atoms with Crippen LogP contribution in [0.2, 0.25) is 0 Å². The first-order chi connectivity index (χ1) is 10.7. The van der Waals surface area contributed by atoms with E-state index in [1.54, 1.807) is 4.90 Å². The smallest absolute Gasteiger partial charge is 0.410 e. The van der Waals surface area contributed by atoms with Gasteiger partial charge in [0.25, 0.3) is 0 Å². The van der Waals surface area contributed by atoms with Gasteiger partial charge >= 0.3 is 6.09 Å². The van der Waals surface area contributed by atoms with Gasteiger partial charge < -0.3 is 4.74 Å². The van der Waals surface area contributed by atoms with E-state index in [0.717, 1.165) is 25.9 Å². The van der Waals surface area contributed by atoms with E-state index in [1.807, 2.05) is 6.07 Å². The molecule has 1 amide bonds. The molecular formula is C18H22N2O2. The van der Waals surface area contributed by atoms with Crippen molar-refractivity contribution in [2.24, 2.45) is 5.92 Å². The Morgan fingerprint density at radius 1 is 1.32 bits per heavy atom. The average molecular weight is 298 g/mol. The SMILES string of the molecule is C#C[C@@H]1[C@@H]2CC[C@H](CN1C(=O)OC)N(Cc1ccccc1)C2. The molecule has 0 aromatic heterocycles. The van der Waals surface area contributed by atoms with E-state index in [-0.39, 0.29) is 12.1 Å². The highest BCUT2D eigenvalue weighted by atomic mass is 16.5. The van der Waals surface area contributed by atoms with Gasteiger partial charge in [-0.25, -0.2) is 4.79 Å². The molecule has 1 aromatic carbocycles. The lowest BCUT2D eigenvalue weighted by atomic mass is 9.89. The van der Waals surface area contributed by atoms with Crippen LogP contribution >= 0.6 is 0 Å². The zero-order valence-corrected chi connectivity index (χ0v) is 12.9. The van der Waals surface area contributed by atoms with Crippen LogP contribution in [0.15, 0.2) is 30.3 Å². The van der Waals surface area contributed by atoms with E-state index in [9.17, 15) is 4.79 Å². The average Bonchev–Trinajstić information content (AvgIpc) is 2.82. The number of carbonyl (C=O) groups excluding carboxylic acids is 1. The van der Waals surface area contributed by atoms with Crippen molar-refractivity contribution in [3.05, 3.63) is 35.9 Å². The van der Waals surface area contributed by atoms with Gasteiger partial charge in [-0.05, 0) is 18.4 Å². The summed E-state index contributed by atoms with van der Waals surface area (Å²) in [5.41, 5.74) is 1.30. The molecule has 0 radical (unpaired) electrons. The number of carbonyl (C=O) groups is 1. The van der Waals surface area contributed by atoms with Gasteiger partial charge in [0.2, 0.25) is 0 Å². The Hall–Kier alpha value is -1.99. The van der Waals surface area contributed by atoms with Gasteiger partial charge in [0.15, 0.2) is 0 Å². The fourth-order valence-electron chi connectivity index (χ4n) is 3.73. The Kier molecular flexibility index (Phi) is 4.35. The molecular weight excluding hydrogens is 276 g/mol. The normalized spacial score (nSPS) is 28.0. The lowest BCUT2D eigenvalue weighted by molar-refractivity contribution is 0.108. The summed E-state index contributed by atoms with van der Waals surface area (Å²) in [7, 11) is 1.42. The molecule has 3 atom stereocenters. The monoisotopic (exact) mass is 298 g/mol. The second-order valence-electron chi connectivity index (χ2n) is 6.14. The molecule has 0 aliphatic carbocycles. The summed E-state index contributed by atoms with van der Waals surface area (Å²) in [5.74, 6) is 3.15. The minimum Gasteiger partial charge on any atom is -0.453 e. The predicted molar refractivity (Wildman–Crippen MR) is 85.1 cm³/mol. The van der Waals surface area contributed by atoms with Crippen molar-refractivity contribution in [2.45, 2.75) is 31.5 Å². The number of amides is 1. The molecule has 4 heteroatoms. The Morgan fingerprint density at radius 3 is 2.77 bits per heavy atom. The van der Waals surface area contributed by atoms with Gasteiger partial charge in [-0.2, -0.15) is 0 Å². The number of terminal acetylenes is 1. The van der Waals surface area contributed by atoms with E-state index >= 15 is 0 Å². The summed E-state index contributed by atoms with van der Waals surface area (Å²) >= 11 is 0. The summed E-state index contributed by atoms with van der Waals surface area (Å²) in [4.78, 5) is 16.3. The quantitative estimate of drug-likeness (QED) is 0.786. The van der Waals surface area contributed by atoms with E-state index in [1.165, 1.54) is 12.7 Å². The van der Waals surface area contributed by atoms with Crippen LogP contribution in [0.5, 0.6) is 0 Å².